The van der Waals surface area contributed by atoms with Crippen molar-refractivity contribution >= 4 is 86.9 Å². The Morgan fingerprint density at radius 3 is 1.21 bits per heavy atom. The lowest BCUT2D eigenvalue weighted by Crippen LogP contribution is -2.52. The van der Waals surface area contributed by atoms with Crippen LogP contribution in [0.2, 0.25) is 10.0 Å². The molecule has 8 aliphatic rings. The zero-order valence-electron chi connectivity index (χ0n) is 77.9. The van der Waals surface area contributed by atoms with E-state index in [4.69, 9.17) is 32.7 Å². The van der Waals surface area contributed by atoms with Gasteiger partial charge in [0.25, 0.3) is 0 Å². The molecule has 7 aromatic carbocycles. The third-order valence-electron chi connectivity index (χ3n) is 26.2. The molecule has 4 aliphatic heterocycles. The first-order chi connectivity index (χ1) is 65.4. The van der Waals surface area contributed by atoms with Gasteiger partial charge in [-0.25, -0.2) is 33.7 Å². The highest BCUT2D eigenvalue weighted by Crippen LogP contribution is 2.43. The molecule has 4 aliphatic carbocycles. The van der Waals surface area contributed by atoms with Gasteiger partial charge in [0.2, 0.25) is 63.7 Å². The third-order valence-corrected chi connectivity index (χ3v) is 34.9. The topological polar surface area (TPSA) is 309 Å². The van der Waals surface area contributed by atoms with E-state index >= 15 is 0 Å². The summed E-state index contributed by atoms with van der Waals surface area (Å²) in [6.07, 6.45) is 6.27. The first-order valence-electron chi connectivity index (χ1n) is 47.2. The Balaban J connectivity index is 0.000000164. The fourth-order valence-electron chi connectivity index (χ4n) is 18.6. The molecular formula is C98H128Cl2F6N12O15S4. The minimum Gasteiger partial charge on any atom is -0.497 e. The number of aliphatic hydroxyl groups is 1. The van der Waals surface area contributed by atoms with Gasteiger partial charge in [0.15, 0.2) is 0 Å². The standard InChI is InChI=1S/C26H34F3N3O4S.2C24H30ClN3O4S.C24H34F3N3O3S/c1-20(2)32(37(35,36)24-10-6-9-22(17-24)26(27,28)29)23-11-13-31(14-12-23)25(34)19-30(15-16-33)18-21-7-4-3-5-8-21;1-32-22-8-2-18(3-9-22)16-26-17-24(29)27-14-12-21(13-15-27)28(20-6-7-20)33(30,31)23-10-4-19(25)5-11-23;1-32-23-5-3-2-4-18(23)16-26-17-24(29)27-14-12-21(13-15-27)28(20-8-9-20)33(30,31)22-10-6-19(25)7-11-22;25-24(26,27)19-7-4-8-22(15-19)34(32,33)30(20-9-10-20)21-11-13-29(14-12-21)23(31)17-28-16-18-5-2-1-3-6-18/h3-10,17,20,23,33H,11-16,18-19H2,1-2H3;2-5,8-11,20-21,26H,6-7,12-17H2,1H3;2-7,10-11,20-21,26H,8-9,12-17H2,1H3;4,7-8,15,18,20-21,28H,1-3,5-6,9-14,16-17H2. The number of hydrogen-bond donors (Lipinski definition) is 4. The SMILES string of the molecule is CC(C)N(C1CCN(C(=O)CN(CCO)Cc2ccccc2)CC1)S(=O)(=O)c1cccc(C(F)(F)F)c1.COc1ccc(CNCC(=O)N2CCC(N(C3CC3)S(=O)(=O)c3ccc(Cl)cc3)CC2)cc1.COc1ccccc1CNCC(=O)N1CCC(N(C2CC2)S(=O)(=O)c2ccc(Cl)cc2)CC1.O=C(CNCC1CCCCC1)N1CCC(N(C2CC2)S(=O)(=O)c2cccc(C(F)(F)F)c2)CC1. The number of methoxy groups -OCH3 is 2. The number of sulfonamides is 4. The van der Waals surface area contributed by atoms with Crippen molar-refractivity contribution in [2.45, 2.75) is 236 Å². The number of nitrogens with one attached hydrogen (secondary N) is 3. The summed E-state index contributed by atoms with van der Waals surface area (Å²) in [4.78, 5) is 59.8. The average molecular weight is 2030 g/mol. The van der Waals surface area contributed by atoms with Crippen LogP contribution in [-0.2, 0) is 91.3 Å². The number of carbonyl (C=O) groups is 4. The molecule has 7 aromatic rings. The normalized spacial score (nSPS) is 17.9. The van der Waals surface area contributed by atoms with Gasteiger partial charge in [-0.3, -0.25) is 24.1 Å². The van der Waals surface area contributed by atoms with Crippen LogP contribution >= 0.6 is 23.2 Å². The van der Waals surface area contributed by atoms with Crippen LogP contribution in [0.4, 0.5) is 26.3 Å². The Morgan fingerprint density at radius 2 is 0.803 bits per heavy atom. The number of alkyl halides is 6. The minimum absolute atomic E-state index is 0.0213. The second kappa shape index (κ2) is 49.3. The van der Waals surface area contributed by atoms with Gasteiger partial charge in [0.05, 0.1) is 77.7 Å². The van der Waals surface area contributed by atoms with Gasteiger partial charge in [0, 0.05) is 142 Å². The summed E-state index contributed by atoms with van der Waals surface area (Å²) in [6.45, 7) is 10.9. The number of amides is 4. The molecule has 27 nitrogen and oxygen atoms in total. The maximum Gasteiger partial charge on any atom is 0.416 e. The molecule has 8 fully saturated rings. The Kier molecular flexibility index (Phi) is 38.7. The van der Waals surface area contributed by atoms with E-state index in [1.807, 2.05) is 93.6 Å². The summed E-state index contributed by atoms with van der Waals surface area (Å²) in [5, 5.41) is 20.1. The molecule has 0 atom stereocenters. The molecule has 15 rings (SSSR count). The van der Waals surface area contributed by atoms with Crippen LogP contribution in [0, 0.1) is 5.92 Å². The molecule has 0 bridgehead atoms. The fourth-order valence-corrected chi connectivity index (χ4v) is 26.6. The molecule has 0 radical (unpaired) electrons. The van der Waals surface area contributed by atoms with E-state index in [0.717, 1.165) is 90.7 Å². The molecule has 750 valence electrons. The average Bonchev–Trinajstić information content (AvgIpc) is 1.67. The van der Waals surface area contributed by atoms with E-state index in [-0.39, 0.29) is 107 Å². The van der Waals surface area contributed by atoms with E-state index in [2.05, 4.69) is 16.0 Å². The van der Waals surface area contributed by atoms with E-state index in [1.54, 1.807) is 95.0 Å². The van der Waals surface area contributed by atoms with Crippen molar-refractivity contribution in [1.29, 1.82) is 0 Å². The number of benzene rings is 7. The van der Waals surface area contributed by atoms with Gasteiger partial charge < -0.3 is 50.1 Å². The van der Waals surface area contributed by atoms with Crippen molar-refractivity contribution in [2.75, 3.05) is 112 Å². The van der Waals surface area contributed by atoms with E-state index in [1.165, 1.54) is 52.8 Å². The molecule has 4 saturated carbocycles. The largest absolute Gasteiger partial charge is 0.497 e. The molecule has 0 aromatic heterocycles. The number of piperidine rings is 4. The lowest BCUT2D eigenvalue weighted by Gasteiger charge is -2.40. The maximum atomic E-state index is 13.4. The van der Waals surface area contributed by atoms with Crippen LogP contribution in [0.5, 0.6) is 11.5 Å². The van der Waals surface area contributed by atoms with Crippen molar-refractivity contribution < 1.29 is 93.8 Å². The number of para-hydroxylation sites is 1. The summed E-state index contributed by atoms with van der Waals surface area (Å²) < 4.78 is 203. The first kappa shape index (κ1) is 107. The highest BCUT2D eigenvalue weighted by molar-refractivity contribution is 7.90. The molecule has 4 heterocycles. The van der Waals surface area contributed by atoms with Crippen LogP contribution < -0.4 is 25.4 Å². The van der Waals surface area contributed by atoms with Crippen LogP contribution in [0.3, 0.4) is 0 Å². The number of halogens is 8. The summed E-state index contributed by atoms with van der Waals surface area (Å²) in [6, 6.07) is 44.1. The number of hydrogen-bond acceptors (Lipinski definition) is 19. The lowest BCUT2D eigenvalue weighted by atomic mass is 9.89. The van der Waals surface area contributed by atoms with Gasteiger partial charge in [-0.05, 0) is 243 Å². The Hall–Kier alpha value is -8.38. The zero-order chi connectivity index (χ0) is 98.4. The fraction of sp³-hybridized carbons (Fsp3) is 0.531. The Labute approximate surface area is 812 Å². The number of ether oxygens (including phenoxy) is 2. The molecular weight excluding hydrogens is 1900 g/mol. The second-order valence-electron chi connectivity index (χ2n) is 36.5. The second-order valence-corrected chi connectivity index (χ2v) is 44.7. The highest BCUT2D eigenvalue weighted by Gasteiger charge is 2.48. The van der Waals surface area contributed by atoms with Gasteiger partial charge in [-0.1, -0.05) is 115 Å². The van der Waals surface area contributed by atoms with Crippen molar-refractivity contribution in [2.24, 2.45) is 5.92 Å². The highest BCUT2D eigenvalue weighted by atomic mass is 35.5. The van der Waals surface area contributed by atoms with Crippen molar-refractivity contribution in [3.8, 4) is 11.5 Å². The van der Waals surface area contributed by atoms with Gasteiger partial charge in [0.1, 0.15) is 11.5 Å². The van der Waals surface area contributed by atoms with Gasteiger partial charge in [-0.15, -0.1) is 0 Å². The number of carbonyl (C=O) groups excluding carboxylic acids is 4. The molecule has 4 amide bonds. The maximum absolute atomic E-state index is 13.4. The molecule has 0 spiro atoms. The number of likely N-dealkylation sites (tertiary alicyclic amines) is 4. The predicted octanol–water partition coefficient (Wildman–Crippen LogP) is 14.2. The van der Waals surface area contributed by atoms with Gasteiger partial charge in [-0.2, -0.15) is 43.6 Å². The predicted molar refractivity (Wildman–Crippen MR) is 512 cm³/mol. The third kappa shape index (κ3) is 30.1. The summed E-state index contributed by atoms with van der Waals surface area (Å²) in [5.74, 6) is 2.21. The first-order valence-corrected chi connectivity index (χ1v) is 53.7. The quantitative estimate of drug-likeness (QED) is 0.0265. The molecule has 39 heteroatoms. The number of rotatable bonds is 36. The Bertz CT molecular complexity index is 5570. The van der Waals surface area contributed by atoms with E-state index < -0.39 is 80.6 Å². The van der Waals surface area contributed by atoms with E-state index in [0.29, 0.717) is 165 Å². The van der Waals surface area contributed by atoms with E-state index in [9.17, 15) is 84.3 Å². The van der Waals surface area contributed by atoms with Crippen molar-refractivity contribution in [3.05, 3.63) is 214 Å². The van der Waals surface area contributed by atoms with Crippen LogP contribution in [0.15, 0.2) is 196 Å². The van der Waals surface area contributed by atoms with Crippen LogP contribution in [0.1, 0.15) is 164 Å². The summed E-state index contributed by atoms with van der Waals surface area (Å²) >= 11 is 11.9. The van der Waals surface area contributed by atoms with Crippen LogP contribution in [-0.4, -0.2) is 265 Å². The van der Waals surface area contributed by atoms with Crippen molar-refractivity contribution in [1.82, 2.24) is 57.7 Å². The summed E-state index contributed by atoms with van der Waals surface area (Å²) in [7, 11) is -12.2. The summed E-state index contributed by atoms with van der Waals surface area (Å²) in [5.41, 5.74) is 1.12. The Morgan fingerprint density at radius 1 is 0.416 bits per heavy atom. The monoisotopic (exact) mass is 2020 g/mol. The smallest absolute Gasteiger partial charge is 0.416 e. The number of aliphatic hydroxyl groups excluding tert-OH is 1. The molecule has 0 unspecified atom stereocenters. The molecule has 4 saturated heterocycles. The molecule has 137 heavy (non-hydrogen) atoms. The lowest BCUT2D eigenvalue weighted by molar-refractivity contribution is -0.138. The number of nitrogens with zero attached hydrogens (tertiary/aromatic N) is 9. The van der Waals surface area contributed by atoms with Crippen LogP contribution in [0.25, 0.3) is 0 Å². The van der Waals surface area contributed by atoms with Gasteiger partial charge >= 0.3 is 12.4 Å². The molecule has 4 N–H and O–H groups in total. The minimum atomic E-state index is -4.65. The van der Waals surface area contributed by atoms with Crippen molar-refractivity contribution in [3.63, 3.8) is 0 Å². The zero-order valence-corrected chi connectivity index (χ0v) is 82.7.